The molecular weight excluding hydrogens is 372 g/mol. The predicted octanol–water partition coefficient (Wildman–Crippen LogP) is 2.84. The lowest BCUT2D eigenvalue weighted by molar-refractivity contribution is -0.117. The summed E-state index contributed by atoms with van der Waals surface area (Å²) < 4.78 is 15.4. The van der Waals surface area contributed by atoms with Crippen molar-refractivity contribution in [3.05, 3.63) is 58.6 Å². The first-order valence-electron chi connectivity index (χ1n) is 7.82. The second-order valence-corrected chi connectivity index (χ2v) is 5.70. The second kappa shape index (κ2) is 9.49. The molecule has 0 unspecified atom stereocenters. The monoisotopic (exact) mass is 390 g/mol. The van der Waals surface area contributed by atoms with E-state index in [0.717, 1.165) is 0 Å². The molecule has 0 aromatic heterocycles. The van der Waals surface area contributed by atoms with Crippen LogP contribution in [0.3, 0.4) is 0 Å². The Morgan fingerprint density at radius 3 is 2.19 bits per heavy atom. The van der Waals surface area contributed by atoms with E-state index in [1.807, 2.05) is 0 Å². The number of halogens is 1. The molecule has 0 aliphatic carbocycles. The summed E-state index contributed by atoms with van der Waals surface area (Å²) in [7, 11) is 4.51. The summed E-state index contributed by atoms with van der Waals surface area (Å²) >= 11 is 5.89. The van der Waals surface area contributed by atoms with Crippen molar-refractivity contribution in [1.82, 2.24) is 10.9 Å². The fraction of sp³-hybridized carbons (Fsp3) is 0.158. The number of nitrogens with one attached hydrogen (secondary N) is 2. The molecule has 8 heteroatoms. The maximum atomic E-state index is 12.2. The van der Waals surface area contributed by atoms with Crippen LogP contribution in [0.1, 0.15) is 15.9 Å². The van der Waals surface area contributed by atoms with Gasteiger partial charge in [0.25, 0.3) is 11.8 Å². The third-order valence-corrected chi connectivity index (χ3v) is 3.74. The molecule has 0 spiro atoms. The first kappa shape index (κ1) is 20.1. The first-order valence-corrected chi connectivity index (χ1v) is 8.19. The number of carbonyl (C=O) groups is 2. The van der Waals surface area contributed by atoms with E-state index in [1.165, 1.54) is 33.5 Å². The Balaban J connectivity index is 2.01. The quantitative estimate of drug-likeness (QED) is 0.585. The molecule has 0 saturated carbocycles. The lowest BCUT2D eigenvalue weighted by atomic mass is 10.2. The topological polar surface area (TPSA) is 85.9 Å². The highest BCUT2D eigenvalue weighted by atomic mass is 35.5. The normalized spacial score (nSPS) is 10.4. The van der Waals surface area contributed by atoms with Crippen LogP contribution in [0.2, 0.25) is 5.02 Å². The van der Waals surface area contributed by atoms with E-state index in [9.17, 15) is 9.59 Å². The van der Waals surface area contributed by atoms with Crippen LogP contribution in [0.4, 0.5) is 0 Å². The van der Waals surface area contributed by atoms with Crippen molar-refractivity contribution in [2.45, 2.75) is 0 Å². The molecule has 0 heterocycles. The molecule has 0 bridgehead atoms. The maximum Gasteiger partial charge on any atom is 0.273 e. The molecule has 0 aliphatic heterocycles. The summed E-state index contributed by atoms with van der Waals surface area (Å²) in [5.74, 6) is 0.446. The fourth-order valence-electron chi connectivity index (χ4n) is 2.18. The molecule has 2 aromatic carbocycles. The number of ether oxygens (including phenoxy) is 3. The van der Waals surface area contributed by atoms with Crippen LogP contribution in [0.15, 0.2) is 42.5 Å². The Kier molecular flexibility index (Phi) is 7.08. The molecule has 2 amide bonds. The van der Waals surface area contributed by atoms with Crippen LogP contribution in [0.5, 0.6) is 17.2 Å². The number of carbonyl (C=O) groups excluding carboxylic acids is 2. The van der Waals surface area contributed by atoms with Crippen LogP contribution in [-0.4, -0.2) is 33.1 Å². The summed E-state index contributed by atoms with van der Waals surface area (Å²) in [6.07, 6.45) is 2.83. The van der Waals surface area contributed by atoms with Crippen molar-refractivity contribution >= 4 is 29.5 Å². The average Bonchev–Trinajstić information content (AvgIpc) is 2.69. The van der Waals surface area contributed by atoms with Gasteiger partial charge in [-0.25, -0.2) is 0 Å². The summed E-state index contributed by atoms with van der Waals surface area (Å²) in [4.78, 5) is 24.2. The Bertz CT molecular complexity index is 845. The van der Waals surface area contributed by atoms with Gasteiger partial charge in [0, 0.05) is 17.2 Å². The van der Waals surface area contributed by atoms with Gasteiger partial charge in [-0.05, 0) is 42.0 Å². The van der Waals surface area contributed by atoms with Gasteiger partial charge in [0.05, 0.1) is 26.9 Å². The van der Waals surface area contributed by atoms with Crippen LogP contribution < -0.4 is 25.1 Å². The number of amides is 2. The average molecular weight is 391 g/mol. The van der Waals surface area contributed by atoms with E-state index in [1.54, 1.807) is 36.4 Å². The van der Waals surface area contributed by atoms with E-state index in [2.05, 4.69) is 10.9 Å². The summed E-state index contributed by atoms with van der Waals surface area (Å²) in [6.45, 7) is 0. The number of hydrogen-bond donors (Lipinski definition) is 2. The number of rotatable bonds is 6. The van der Waals surface area contributed by atoms with Crippen LogP contribution in [0, 0.1) is 0 Å². The van der Waals surface area contributed by atoms with Crippen LogP contribution in [0.25, 0.3) is 6.08 Å². The minimum absolute atomic E-state index is 0.201. The minimum Gasteiger partial charge on any atom is -0.497 e. The zero-order valence-electron chi connectivity index (χ0n) is 15.0. The molecule has 0 atom stereocenters. The van der Waals surface area contributed by atoms with E-state index in [4.69, 9.17) is 25.8 Å². The Hall–Kier alpha value is -3.19. The molecule has 2 N–H and O–H groups in total. The SMILES string of the molecule is COc1cc(/C=C/C(=O)NNC(=O)c2cc(Cl)ccc2OC)cc(OC)c1. The highest BCUT2D eigenvalue weighted by molar-refractivity contribution is 6.31. The van der Waals surface area contributed by atoms with Crippen molar-refractivity contribution in [3.8, 4) is 17.2 Å². The van der Waals surface area contributed by atoms with Gasteiger partial charge in [-0.15, -0.1) is 0 Å². The first-order chi connectivity index (χ1) is 13.0. The molecule has 2 rings (SSSR count). The summed E-state index contributed by atoms with van der Waals surface area (Å²) in [6, 6.07) is 9.80. The molecule has 2 aromatic rings. The van der Waals surface area contributed by atoms with E-state index >= 15 is 0 Å². The van der Waals surface area contributed by atoms with Gasteiger partial charge in [-0.3, -0.25) is 20.4 Å². The van der Waals surface area contributed by atoms with Crippen molar-refractivity contribution in [1.29, 1.82) is 0 Å². The summed E-state index contributed by atoms with van der Waals surface area (Å²) in [5.41, 5.74) is 5.50. The lowest BCUT2D eigenvalue weighted by Crippen LogP contribution is -2.40. The standard InChI is InChI=1S/C19H19ClN2O5/c1-25-14-8-12(9-15(11-14)26-2)4-7-18(23)21-22-19(24)16-10-13(20)5-6-17(16)27-3/h4-11H,1-3H3,(H,21,23)(H,22,24)/b7-4+. The third-order valence-electron chi connectivity index (χ3n) is 3.51. The van der Waals surface area contributed by atoms with Crippen LogP contribution >= 0.6 is 11.6 Å². The van der Waals surface area contributed by atoms with Gasteiger partial charge in [-0.2, -0.15) is 0 Å². The van der Waals surface area contributed by atoms with Gasteiger partial charge >= 0.3 is 0 Å². The molecule has 7 nitrogen and oxygen atoms in total. The maximum absolute atomic E-state index is 12.2. The lowest BCUT2D eigenvalue weighted by Gasteiger charge is -2.09. The van der Waals surface area contributed by atoms with Crippen molar-refractivity contribution in [2.75, 3.05) is 21.3 Å². The van der Waals surface area contributed by atoms with E-state index in [-0.39, 0.29) is 5.56 Å². The fourth-order valence-corrected chi connectivity index (χ4v) is 2.35. The molecular formula is C19H19ClN2O5. The molecule has 142 valence electrons. The van der Waals surface area contributed by atoms with Gasteiger partial charge in [0.1, 0.15) is 17.2 Å². The molecule has 27 heavy (non-hydrogen) atoms. The van der Waals surface area contributed by atoms with Crippen molar-refractivity contribution in [2.24, 2.45) is 0 Å². The highest BCUT2D eigenvalue weighted by Crippen LogP contribution is 2.23. The predicted molar refractivity (Wildman–Crippen MR) is 102 cm³/mol. The smallest absolute Gasteiger partial charge is 0.273 e. The number of benzene rings is 2. The van der Waals surface area contributed by atoms with Gasteiger partial charge < -0.3 is 14.2 Å². The molecule has 0 saturated heterocycles. The Morgan fingerprint density at radius 1 is 0.926 bits per heavy atom. The Labute approximate surface area is 161 Å². The largest absolute Gasteiger partial charge is 0.497 e. The van der Waals surface area contributed by atoms with E-state index in [0.29, 0.717) is 27.8 Å². The van der Waals surface area contributed by atoms with Crippen molar-refractivity contribution in [3.63, 3.8) is 0 Å². The second-order valence-electron chi connectivity index (χ2n) is 5.27. The van der Waals surface area contributed by atoms with Gasteiger partial charge in [0.15, 0.2) is 0 Å². The summed E-state index contributed by atoms with van der Waals surface area (Å²) in [5, 5.41) is 0.374. The van der Waals surface area contributed by atoms with Crippen LogP contribution in [-0.2, 0) is 4.79 Å². The van der Waals surface area contributed by atoms with Gasteiger partial charge in [-0.1, -0.05) is 11.6 Å². The highest BCUT2D eigenvalue weighted by Gasteiger charge is 2.13. The number of methoxy groups -OCH3 is 3. The number of hydrazine groups is 1. The third kappa shape index (κ3) is 5.65. The molecule has 0 aliphatic rings. The zero-order chi connectivity index (χ0) is 19.8. The molecule has 0 fully saturated rings. The van der Waals surface area contributed by atoms with Crippen molar-refractivity contribution < 1.29 is 23.8 Å². The van der Waals surface area contributed by atoms with E-state index < -0.39 is 11.8 Å². The Morgan fingerprint density at radius 2 is 1.59 bits per heavy atom. The minimum atomic E-state index is -0.556. The molecule has 0 radical (unpaired) electrons. The van der Waals surface area contributed by atoms with Gasteiger partial charge in [0.2, 0.25) is 0 Å². The number of hydrogen-bond acceptors (Lipinski definition) is 5. The zero-order valence-corrected chi connectivity index (χ0v) is 15.8.